The summed E-state index contributed by atoms with van der Waals surface area (Å²) < 4.78 is 33.4. The summed E-state index contributed by atoms with van der Waals surface area (Å²) >= 11 is 0. The van der Waals surface area contributed by atoms with Crippen molar-refractivity contribution in [2.75, 3.05) is 78.2 Å². The Morgan fingerprint density at radius 2 is 0.716 bits per heavy atom. The molecule has 10 N–H and O–H groups in total. The molecular formula is C66H100N6O28S2. The second-order valence-electron chi connectivity index (χ2n) is 24.3. The molecule has 34 nitrogen and oxygen atoms in total. The van der Waals surface area contributed by atoms with E-state index >= 15 is 0 Å². The van der Waals surface area contributed by atoms with E-state index in [9.17, 15) is 109 Å². The van der Waals surface area contributed by atoms with Gasteiger partial charge in [-0.15, -0.1) is 0 Å². The molecule has 574 valence electrons. The molecule has 0 aliphatic heterocycles. The highest BCUT2D eigenvalue weighted by atomic mass is 33.1. The highest BCUT2D eigenvalue weighted by Crippen LogP contribution is 2.41. The number of nitro groups is 2. The van der Waals surface area contributed by atoms with Crippen LogP contribution in [0.5, 0.6) is 23.0 Å². The highest BCUT2D eigenvalue weighted by molar-refractivity contribution is 8.76. The zero-order valence-electron chi connectivity index (χ0n) is 58.3. The van der Waals surface area contributed by atoms with E-state index in [1.54, 1.807) is 0 Å². The lowest BCUT2D eigenvalue weighted by Gasteiger charge is -2.38. The summed E-state index contributed by atoms with van der Waals surface area (Å²) in [5.41, 5.74) is -5.76. The number of carbonyl (C=O) groups excluding carboxylic acids is 2. The van der Waals surface area contributed by atoms with Crippen LogP contribution in [-0.2, 0) is 47.8 Å². The molecule has 36 heteroatoms. The first-order valence-electron chi connectivity index (χ1n) is 33.8. The SMILES string of the molecule is COc1cc(C(C)OC(=O)NCCCC(CC(=O)O)(C(=O)O)N(CC(=O)O)CC(=O)O)c([N+](=O)[O-])cc1OCCCCCCCCCCCCSSCCCCCCCCCCCCOc1cc([N+](=O)[O-])c(C(C)OC(=O)NCCCC(CC(=O)O)(C(=O)O)N(CC(=O)O)CC(=O)O)cc1OC. The number of aliphatic carboxylic acids is 8. The molecule has 0 spiro atoms. The molecule has 2 aromatic rings. The van der Waals surface area contributed by atoms with Gasteiger partial charge in [0, 0.05) is 24.6 Å². The van der Waals surface area contributed by atoms with Gasteiger partial charge in [-0.1, -0.05) is 124 Å². The van der Waals surface area contributed by atoms with E-state index in [2.05, 4.69) is 10.6 Å². The van der Waals surface area contributed by atoms with Crippen LogP contribution in [0, 0.1) is 20.2 Å². The summed E-state index contributed by atoms with van der Waals surface area (Å²) in [6.07, 6.45) is 13.1. The van der Waals surface area contributed by atoms with Crippen LogP contribution in [0.1, 0.15) is 204 Å². The van der Waals surface area contributed by atoms with Crippen molar-refractivity contribution < 1.29 is 127 Å². The van der Waals surface area contributed by atoms with Crippen LogP contribution in [0.25, 0.3) is 0 Å². The molecule has 4 atom stereocenters. The van der Waals surface area contributed by atoms with Gasteiger partial charge < -0.3 is 79.9 Å². The Kier molecular flexibility index (Phi) is 43.0. The predicted octanol–water partition coefficient (Wildman–Crippen LogP) is 10.8. The fourth-order valence-electron chi connectivity index (χ4n) is 11.4. The molecule has 0 aromatic heterocycles. The van der Waals surface area contributed by atoms with Gasteiger partial charge in [0.05, 0.1) is 99.6 Å². The minimum atomic E-state index is -2.45. The maximum Gasteiger partial charge on any atom is 0.407 e. The van der Waals surface area contributed by atoms with Gasteiger partial charge >= 0.3 is 59.9 Å². The molecule has 0 heterocycles. The molecule has 2 rings (SSSR count). The van der Waals surface area contributed by atoms with Gasteiger partial charge in [-0.25, -0.2) is 9.59 Å². The number of carbonyl (C=O) groups is 10. The molecule has 4 unspecified atom stereocenters. The monoisotopic (exact) mass is 1490 g/mol. The van der Waals surface area contributed by atoms with Crippen molar-refractivity contribution in [2.45, 2.75) is 204 Å². The predicted molar refractivity (Wildman–Crippen MR) is 371 cm³/mol. The van der Waals surface area contributed by atoms with E-state index in [0.717, 1.165) is 62.9 Å². The second-order valence-corrected chi connectivity index (χ2v) is 27.0. The molecule has 0 aliphatic carbocycles. The molecule has 0 radical (unpaired) electrons. The summed E-state index contributed by atoms with van der Waals surface area (Å²) in [6, 6.07) is 5.04. The van der Waals surface area contributed by atoms with Crippen molar-refractivity contribution in [2.24, 2.45) is 0 Å². The van der Waals surface area contributed by atoms with Crippen molar-refractivity contribution in [3.8, 4) is 23.0 Å². The third-order valence-electron chi connectivity index (χ3n) is 16.6. The zero-order valence-corrected chi connectivity index (χ0v) is 59.9. The van der Waals surface area contributed by atoms with Crippen LogP contribution in [0.15, 0.2) is 24.3 Å². The van der Waals surface area contributed by atoms with Crippen LogP contribution < -0.4 is 29.6 Å². The Hall–Kier alpha value is -8.64. The number of unbranched alkanes of at least 4 members (excludes halogenated alkanes) is 18. The molecule has 0 saturated carbocycles. The standard InChI is InChI=1S/C66H100N6O28S2/c1-45(99-63(89)67-29-25-27-65(61(85)86,39-55(73)74)69(41-57(77)78)42-58(79)80)47-35-51(95-3)53(37-49(47)71(91)92)97-31-21-17-13-9-5-7-11-15-19-23-33-101-102-34-24-20-16-12-8-6-10-14-18-22-32-98-54-38-50(72(93)94)48(36-52(54)96-4)46(2)100-64(90)68-30-26-28-66(62(87)88,40-56(75)76)70(43-59(81)82)44-60(83)84/h35-38,45-46H,5-34,39-44H2,1-4H3,(H,67,89)(H,68,90)(H,73,74)(H,75,76)(H,77,78)(H,79,80)(H,81,82)(H,83,84)(H,85,86)(H,87,88). The molecule has 2 amide bonds. The second kappa shape index (κ2) is 49.1. The number of carboxylic acid groups (broad SMARTS) is 8. The van der Waals surface area contributed by atoms with Gasteiger partial charge in [0.1, 0.15) is 23.3 Å². The lowest BCUT2D eigenvalue weighted by Crippen LogP contribution is -2.59. The molecule has 0 bridgehead atoms. The van der Waals surface area contributed by atoms with Crippen LogP contribution in [0.4, 0.5) is 21.0 Å². The van der Waals surface area contributed by atoms with E-state index in [1.807, 2.05) is 21.6 Å². The Morgan fingerprint density at radius 1 is 0.431 bits per heavy atom. The number of amides is 2. The zero-order chi connectivity index (χ0) is 76.2. The van der Waals surface area contributed by atoms with Crippen LogP contribution in [-0.4, -0.2) is 210 Å². The van der Waals surface area contributed by atoms with Crippen molar-refractivity contribution in [3.63, 3.8) is 0 Å². The number of methoxy groups -OCH3 is 2. The van der Waals surface area contributed by atoms with E-state index in [-0.39, 0.29) is 73.3 Å². The van der Waals surface area contributed by atoms with Gasteiger partial charge in [-0.3, -0.25) is 68.4 Å². The number of ether oxygens (including phenoxy) is 6. The molecule has 2 aromatic carbocycles. The number of hydrogen-bond donors (Lipinski definition) is 10. The minimum absolute atomic E-state index is 0.0183. The number of nitrogens with zero attached hydrogens (tertiary/aromatic N) is 4. The number of carboxylic acids is 8. The summed E-state index contributed by atoms with van der Waals surface area (Å²) in [6.45, 7) is -1.67. The summed E-state index contributed by atoms with van der Waals surface area (Å²) in [4.78, 5) is 143. The highest BCUT2D eigenvalue weighted by Gasteiger charge is 2.49. The van der Waals surface area contributed by atoms with Gasteiger partial charge in [-0.05, 0) is 77.3 Å². The van der Waals surface area contributed by atoms with Crippen LogP contribution >= 0.6 is 21.6 Å². The van der Waals surface area contributed by atoms with E-state index in [4.69, 9.17) is 28.4 Å². The Morgan fingerprint density at radius 3 is 0.971 bits per heavy atom. The summed E-state index contributed by atoms with van der Waals surface area (Å²) in [5.74, 6) is -10.3. The number of alkyl carbamates (subject to hydrolysis) is 2. The first kappa shape index (κ1) is 89.4. The largest absolute Gasteiger partial charge is 0.493 e. The van der Waals surface area contributed by atoms with Gasteiger partial charge in [-0.2, -0.15) is 0 Å². The van der Waals surface area contributed by atoms with Gasteiger partial charge in [0.2, 0.25) is 0 Å². The van der Waals surface area contributed by atoms with Crippen molar-refractivity contribution in [3.05, 3.63) is 55.6 Å². The minimum Gasteiger partial charge on any atom is -0.493 e. The third kappa shape index (κ3) is 33.9. The maximum absolute atomic E-state index is 12.8. The summed E-state index contributed by atoms with van der Waals surface area (Å²) in [7, 11) is 6.60. The smallest absolute Gasteiger partial charge is 0.407 e. The third-order valence-corrected chi connectivity index (χ3v) is 19.2. The average Bonchev–Trinajstić information content (AvgIpc) is 0.821. The average molecular weight is 1490 g/mol. The molecule has 102 heavy (non-hydrogen) atoms. The van der Waals surface area contributed by atoms with E-state index in [1.165, 1.54) is 117 Å². The number of rotatable bonds is 61. The first-order valence-corrected chi connectivity index (χ1v) is 36.3. The van der Waals surface area contributed by atoms with E-state index in [0.29, 0.717) is 22.6 Å². The maximum atomic E-state index is 12.8. The number of nitro benzene ring substituents is 2. The number of hydrogen-bond acceptors (Lipinski definition) is 24. The normalized spacial score (nSPS) is 13.0. The Balaban J connectivity index is 1.57. The number of nitrogens with one attached hydrogen (secondary N) is 2. The lowest BCUT2D eigenvalue weighted by atomic mass is 9.87. The fraction of sp³-hybridized carbons (Fsp3) is 0.667. The van der Waals surface area contributed by atoms with Crippen LogP contribution in [0.3, 0.4) is 0 Å². The first-order chi connectivity index (χ1) is 48.4. The molecule has 0 saturated heterocycles. The Bertz CT molecular complexity index is 2820. The quantitative estimate of drug-likeness (QED) is 0.0127. The topological polar surface area (TPSA) is 505 Å². The fourth-order valence-corrected chi connectivity index (χ4v) is 13.7. The van der Waals surface area contributed by atoms with Crippen LogP contribution in [0.2, 0.25) is 0 Å². The van der Waals surface area contributed by atoms with Gasteiger partial charge in [0.25, 0.3) is 11.4 Å². The lowest BCUT2D eigenvalue weighted by molar-refractivity contribution is -0.386. The Labute approximate surface area is 598 Å². The molecule has 0 fully saturated rings. The molecule has 0 aliphatic rings. The van der Waals surface area contributed by atoms with E-state index < -0.39 is 156 Å². The summed E-state index contributed by atoms with van der Waals surface area (Å²) in [5, 5.41) is 105. The molecular weight excluding hydrogens is 1390 g/mol. The van der Waals surface area contributed by atoms with Crippen molar-refractivity contribution in [1.29, 1.82) is 0 Å². The van der Waals surface area contributed by atoms with Gasteiger partial charge in [0.15, 0.2) is 23.0 Å². The number of benzene rings is 2. The van der Waals surface area contributed by atoms with Crippen molar-refractivity contribution >= 4 is 92.9 Å². The van der Waals surface area contributed by atoms with Crippen molar-refractivity contribution in [1.82, 2.24) is 20.4 Å².